The Balaban J connectivity index is 2.14. The summed E-state index contributed by atoms with van der Waals surface area (Å²) in [4.78, 5) is 0. The molecule has 1 aromatic rings. The summed E-state index contributed by atoms with van der Waals surface area (Å²) in [6, 6.07) is 6.54. The second-order valence-electron chi connectivity index (χ2n) is 4.21. The smallest absolute Gasteiger partial charge is 0.123 e. The van der Waals surface area contributed by atoms with Gasteiger partial charge in [-0.3, -0.25) is 0 Å². The third kappa shape index (κ3) is 1.06. The van der Waals surface area contributed by atoms with Gasteiger partial charge in [-0.15, -0.1) is 0 Å². The van der Waals surface area contributed by atoms with Crippen LogP contribution in [0.3, 0.4) is 0 Å². The minimum Gasteiger partial charge on any atom is -0.493 e. The minimum atomic E-state index is 0.233. The largest absolute Gasteiger partial charge is 0.493 e. The quantitative estimate of drug-likeness (QED) is 0.770. The Morgan fingerprint density at radius 1 is 1.50 bits per heavy atom. The second kappa shape index (κ2) is 2.74. The Bertz CT molecular complexity index is 393. The van der Waals surface area contributed by atoms with Gasteiger partial charge in [0.05, 0.1) is 6.61 Å². The van der Waals surface area contributed by atoms with Crippen molar-refractivity contribution in [3.05, 3.63) is 28.2 Å². The molecule has 74 valence electrons. The van der Waals surface area contributed by atoms with Crippen LogP contribution in [0.15, 0.2) is 22.7 Å². The summed E-state index contributed by atoms with van der Waals surface area (Å²) in [5, 5.41) is 0. The lowest BCUT2D eigenvalue weighted by molar-refractivity contribution is 0.258. The normalized spacial score (nSPS) is 33.7. The van der Waals surface area contributed by atoms with Crippen LogP contribution in [0, 0.1) is 0 Å². The van der Waals surface area contributed by atoms with E-state index in [9.17, 15) is 0 Å². The van der Waals surface area contributed by atoms with Gasteiger partial charge in [-0.05, 0) is 31.0 Å². The fourth-order valence-electron chi connectivity index (χ4n) is 2.43. The van der Waals surface area contributed by atoms with Crippen molar-refractivity contribution >= 4 is 15.9 Å². The maximum absolute atomic E-state index is 6.03. The van der Waals surface area contributed by atoms with Crippen molar-refractivity contribution in [1.82, 2.24) is 0 Å². The van der Waals surface area contributed by atoms with Crippen molar-refractivity contribution < 1.29 is 4.74 Å². The van der Waals surface area contributed by atoms with Crippen molar-refractivity contribution in [1.29, 1.82) is 0 Å². The number of hydrogen-bond acceptors (Lipinski definition) is 2. The SMILES string of the molecule is NC1CC12CCOc1ccc(Br)cc12. The number of nitrogens with two attached hydrogens (primary N) is 1. The van der Waals surface area contributed by atoms with Gasteiger partial charge < -0.3 is 10.5 Å². The molecule has 1 spiro atoms. The molecule has 1 fully saturated rings. The van der Waals surface area contributed by atoms with Crippen LogP contribution in [0.5, 0.6) is 5.75 Å². The Morgan fingerprint density at radius 2 is 2.29 bits per heavy atom. The van der Waals surface area contributed by atoms with Crippen molar-refractivity contribution in [2.24, 2.45) is 5.73 Å². The number of benzene rings is 1. The molecule has 0 bridgehead atoms. The van der Waals surface area contributed by atoms with E-state index in [1.807, 2.05) is 12.1 Å². The topological polar surface area (TPSA) is 35.2 Å². The second-order valence-corrected chi connectivity index (χ2v) is 5.12. The molecule has 0 radical (unpaired) electrons. The molecule has 2 nitrogen and oxygen atoms in total. The maximum atomic E-state index is 6.03. The Hall–Kier alpha value is -0.540. The molecule has 3 rings (SSSR count). The van der Waals surface area contributed by atoms with Crippen molar-refractivity contribution in [3.8, 4) is 5.75 Å². The van der Waals surface area contributed by atoms with Crippen LogP contribution >= 0.6 is 15.9 Å². The molecular weight excluding hydrogens is 242 g/mol. The molecule has 0 amide bonds. The maximum Gasteiger partial charge on any atom is 0.123 e. The number of fused-ring (bicyclic) bond motifs is 2. The zero-order chi connectivity index (χ0) is 9.76. The van der Waals surface area contributed by atoms with Crippen LogP contribution in [-0.4, -0.2) is 12.6 Å². The summed E-state index contributed by atoms with van der Waals surface area (Å²) >= 11 is 3.49. The number of hydrogen-bond donors (Lipinski definition) is 1. The van der Waals surface area contributed by atoms with Crippen LogP contribution in [0.1, 0.15) is 18.4 Å². The van der Waals surface area contributed by atoms with Gasteiger partial charge in [0.15, 0.2) is 0 Å². The van der Waals surface area contributed by atoms with Gasteiger partial charge in [-0.25, -0.2) is 0 Å². The average Bonchev–Trinajstić information content (AvgIpc) is 2.80. The standard InChI is InChI=1S/C11H12BrNO/c12-7-1-2-9-8(5-7)11(3-4-14-9)6-10(11)13/h1-2,5,10H,3-4,6,13H2. The van der Waals surface area contributed by atoms with E-state index in [1.165, 1.54) is 5.56 Å². The summed E-state index contributed by atoms with van der Waals surface area (Å²) in [6.07, 6.45) is 2.18. The van der Waals surface area contributed by atoms with Crippen molar-refractivity contribution in [2.45, 2.75) is 24.3 Å². The molecule has 2 unspecified atom stereocenters. The van der Waals surface area contributed by atoms with Crippen LogP contribution in [-0.2, 0) is 5.41 Å². The lowest BCUT2D eigenvalue weighted by Crippen LogP contribution is -2.26. The third-order valence-electron chi connectivity index (χ3n) is 3.42. The molecule has 2 aliphatic rings. The lowest BCUT2D eigenvalue weighted by atomic mass is 9.89. The third-order valence-corrected chi connectivity index (χ3v) is 3.91. The average molecular weight is 254 g/mol. The highest BCUT2D eigenvalue weighted by Gasteiger charge is 2.55. The molecule has 2 atom stereocenters. The van der Waals surface area contributed by atoms with E-state index in [0.717, 1.165) is 29.7 Å². The van der Waals surface area contributed by atoms with Crippen LogP contribution in [0.2, 0.25) is 0 Å². The van der Waals surface area contributed by atoms with Crippen molar-refractivity contribution in [2.75, 3.05) is 6.61 Å². The van der Waals surface area contributed by atoms with Crippen LogP contribution in [0.4, 0.5) is 0 Å². The summed E-state index contributed by atoms with van der Waals surface area (Å²) in [5.41, 5.74) is 7.56. The highest BCUT2D eigenvalue weighted by atomic mass is 79.9. The van der Waals surface area contributed by atoms with Gasteiger partial charge in [-0.2, -0.15) is 0 Å². The molecule has 1 aliphatic heterocycles. The van der Waals surface area contributed by atoms with Crippen molar-refractivity contribution in [3.63, 3.8) is 0 Å². The number of ether oxygens (including phenoxy) is 1. The molecule has 1 aromatic carbocycles. The fraction of sp³-hybridized carbons (Fsp3) is 0.455. The number of rotatable bonds is 0. The van der Waals surface area contributed by atoms with E-state index in [-0.39, 0.29) is 5.41 Å². The first kappa shape index (κ1) is 8.74. The summed E-state index contributed by atoms with van der Waals surface area (Å²) in [6.45, 7) is 0.808. The number of halogens is 1. The van der Waals surface area contributed by atoms with E-state index in [0.29, 0.717) is 6.04 Å². The Morgan fingerprint density at radius 3 is 3.00 bits per heavy atom. The monoisotopic (exact) mass is 253 g/mol. The predicted molar refractivity (Wildman–Crippen MR) is 58.5 cm³/mol. The van der Waals surface area contributed by atoms with Gasteiger partial charge in [0.1, 0.15) is 5.75 Å². The molecular formula is C11H12BrNO. The van der Waals surface area contributed by atoms with E-state index in [4.69, 9.17) is 10.5 Å². The Labute approximate surface area is 91.6 Å². The molecule has 0 aromatic heterocycles. The summed E-state index contributed by atoms with van der Waals surface area (Å²) < 4.78 is 6.74. The highest BCUT2D eigenvalue weighted by molar-refractivity contribution is 9.10. The molecule has 1 heterocycles. The van der Waals surface area contributed by atoms with E-state index < -0.39 is 0 Å². The van der Waals surface area contributed by atoms with E-state index in [2.05, 4.69) is 22.0 Å². The van der Waals surface area contributed by atoms with Gasteiger partial charge in [0, 0.05) is 21.5 Å². The Kier molecular flexibility index (Phi) is 1.71. The molecule has 3 heteroatoms. The van der Waals surface area contributed by atoms with Crippen LogP contribution in [0.25, 0.3) is 0 Å². The molecule has 0 saturated heterocycles. The summed E-state index contributed by atoms with van der Waals surface area (Å²) in [7, 11) is 0. The van der Waals surface area contributed by atoms with E-state index in [1.54, 1.807) is 0 Å². The molecule has 1 saturated carbocycles. The predicted octanol–water partition coefficient (Wildman–Crippen LogP) is 2.20. The highest BCUT2D eigenvalue weighted by Crippen LogP contribution is 2.55. The molecule has 1 aliphatic carbocycles. The molecule has 14 heavy (non-hydrogen) atoms. The van der Waals surface area contributed by atoms with Gasteiger partial charge in [0.25, 0.3) is 0 Å². The first-order valence-corrected chi connectivity index (χ1v) is 5.70. The zero-order valence-electron chi connectivity index (χ0n) is 7.79. The lowest BCUT2D eigenvalue weighted by Gasteiger charge is -2.26. The molecule has 2 N–H and O–H groups in total. The van der Waals surface area contributed by atoms with Gasteiger partial charge in [0.2, 0.25) is 0 Å². The van der Waals surface area contributed by atoms with E-state index >= 15 is 0 Å². The fourth-order valence-corrected chi connectivity index (χ4v) is 2.79. The van der Waals surface area contributed by atoms with Gasteiger partial charge in [-0.1, -0.05) is 15.9 Å². The minimum absolute atomic E-state index is 0.233. The first-order valence-electron chi connectivity index (χ1n) is 4.91. The summed E-state index contributed by atoms with van der Waals surface area (Å²) in [5.74, 6) is 1.02. The first-order chi connectivity index (χ1) is 6.72. The van der Waals surface area contributed by atoms with Crippen LogP contribution < -0.4 is 10.5 Å². The van der Waals surface area contributed by atoms with Gasteiger partial charge >= 0.3 is 0 Å². The zero-order valence-corrected chi connectivity index (χ0v) is 9.38.